The lowest BCUT2D eigenvalue weighted by molar-refractivity contribution is -0.122. The van der Waals surface area contributed by atoms with E-state index in [9.17, 15) is 13.2 Å². The van der Waals surface area contributed by atoms with Gasteiger partial charge in [-0.15, -0.1) is 0 Å². The topological polar surface area (TPSA) is 84.9 Å². The highest BCUT2D eigenvalue weighted by Crippen LogP contribution is 2.33. The van der Waals surface area contributed by atoms with Crippen LogP contribution >= 0.6 is 0 Å². The van der Waals surface area contributed by atoms with E-state index in [-0.39, 0.29) is 23.9 Å². The summed E-state index contributed by atoms with van der Waals surface area (Å²) in [7, 11) is -3.84. The van der Waals surface area contributed by atoms with Crippen LogP contribution in [-0.2, 0) is 14.8 Å². The third-order valence-electron chi connectivity index (χ3n) is 3.94. The molecule has 0 saturated carbocycles. The summed E-state index contributed by atoms with van der Waals surface area (Å²) in [4.78, 5) is 12.5. The molecule has 0 aromatic heterocycles. The highest BCUT2D eigenvalue weighted by Gasteiger charge is 2.29. The molecule has 0 radical (unpaired) electrons. The molecule has 7 nitrogen and oxygen atoms in total. The summed E-state index contributed by atoms with van der Waals surface area (Å²) in [5.41, 5.74) is -0.429. The first-order valence-corrected chi connectivity index (χ1v) is 10.6. The second kappa shape index (κ2) is 8.48. The van der Waals surface area contributed by atoms with Crippen molar-refractivity contribution in [1.29, 1.82) is 0 Å². The van der Waals surface area contributed by atoms with Crippen molar-refractivity contribution in [1.82, 2.24) is 9.62 Å². The Morgan fingerprint density at radius 3 is 2.41 bits per heavy atom. The number of nitrogens with zero attached hydrogens (tertiary/aromatic N) is 1. The van der Waals surface area contributed by atoms with Crippen molar-refractivity contribution in [2.24, 2.45) is 5.92 Å². The van der Waals surface area contributed by atoms with E-state index in [1.165, 1.54) is 16.4 Å². The van der Waals surface area contributed by atoms with Crippen molar-refractivity contribution >= 4 is 15.9 Å². The average Bonchev–Trinajstić information content (AvgIpc) is 2.56. The van der Waals surface area contributed by atoms with Crippen molar-refractivity contribution in [2.75, 3.05) is 26.3 Å². The maximum absolute atomic E-state index is 13.2. The number of hydrogen-bond acceptors (Lipinski definition) is 5. The van der Waals surface area contributed by atoms with Gasteiger partial charge in [0.2, 0.25) is 15.9 Å². The van der Waals surface area contributed by atoms with Crippen LogP contribution in [0.4, 0.5) is 0 Å². The molecule has 0 aliphatic carbocycles. The number of benzene rings is 1. The highest BCUT2D eigenvalue weighted by molar-refractivity contribution is 7.89. The Hall–Kier alpha value is -1.80. The molecule has 0 saturated heterocycles. The lowest BCUT2D eigenvalue weighted by atomic mass is 10.1. The van der Waals surface area contributed by atoms with Gasteiger partial charge in [-0.05, 0) is 45.2 Å². The van der Waals surface area contributed by atoms with Crippen molar-refractivity contribution in [2.45, 2.75) is 51.5 Å². The number of fused-ring (bicyclic) bond motifs is 1. The summed E-state index contributed by atoms with van der Waals surface area (Å²) in [5.74, 6) is 0.922. The predicted molar refractivity (Wildman–Crippen MR) is 104 cm³/mol. The summed E-state index contributed by atoms with van der Waals surface area (Å²) < 4.78 is 38.5. The molecule has 27 heavy (non-hydrogen) atoms. The Labute approximate surface area is 162 Å². The molecule has 0 spiro atoms. The summed E-state index contributed by atoms with van der Waals surface area (Å²) in [6.07, 6.45) is 0.659. The smallest absolute Gasteiger partial charge is 0.243 e. The lowest BCUT2D eigenvalue weighted by Gasteiger charge is -2.26. The fourth-order valence-electron chi connectivity index (χ4n) is 2.64. The number of amides is 1. The molecule has 1 heterocycles. The quantitative estimate of drug-likeness (QED) is 0.762. The van der Waals surface area contributed by atoms with Gasteiger partial charge in [0.05, 0.1) is 11.4 Å². The van der Waals surface area contributed by atoms with Crippen molar-refractivity contribution in [3.8, 4) is 11.5 Å². The Morgan fingerprint density at radius 2 is 1.81 bits per heavy atom. The van der Waals surface area contributed by atoms with E-state index in [4.69, 9.17) is 9.47 Å². The van der Waals surface area contributed by atoms with E-state index in [0.29, 0.717) is 37.1 Å². The number of carbonyl (C=O) groups excluding carboxylic acids is 1. The fourth-order valence-corrected chi connectivity index (χ4v) is 4.06. The van der Waals surface area contributed by atoms with Crippen molar-refractivity contribution < 1.29 is 22.7 Å². The van der Waals surface area contributed by atoms with Gasteiger partial charge in [-0.1, -0.05) is 13.8 Å². The number of rotatable bonds is 7. The van der Waals surface area contributed by atoms with Gasteiger partial charge < -0.3 is 14.8 Å². The number of nitrogens with one attached hydrogen (secondary N) is 1. The Balaban J connectivity index is 2.27. The molecule has 1 aromatic carbocycles. The van der Waals surface area contributed by atoms with Gasteiger partial charge in [0, 0.05) is 18.2 Å². The van der Waals surface area contributed by atoms with Crippen LogP contribution in [0.15, 0.2) is 23.1 Å². The molecule has 1 N–H and O–H groups in total. The zero-order valence-electron chi connectivity index (χ0n) is 16.7. The molecular formula is C19H30N2O5S. The number of ether oxygens (including phenoxy) is 2. The Kier molecular flexibility index (Phi) is 6.75. The minimum Gasteiger partial charge on any atom is -0.486 e. The van der Waals surface area contributed by atoms with Gasteiger partial charge >= 0.3 is 0 Å². The van der Waals surface area contributed by atoms with E-state index in [2.05, 4.69) is 5.32 Å². The second-order valence-electron chi connectivity index (χ2n) is 8.12. The first-order chi connectivity index (χ1) is 12.5. The number of carbonyl (C=O) groups is 1. The monoisotopic (exact) mass is 398 g/mol. The Morgan fingerprint density at radius 1 is 1.19 bits per heavy atom. The van der Waals surface area contributed by atoms with Gasteiger partial charge in [0.1, 0.15) is 13.2 Å². The van der Waals surface area contributed by atoms with E-state index < -0.39 is 15.6 Å². The molecule has 0 unspecified atom stereocenters. The normalized spacial score (nSPS) is 14.5. The SMILES string of the molecule is CC(C)CCN(CC(=O)NC(C)(C)C)S(=O)(=O)c1ccc2c(c1)OCCO2. The molecule has 2 rings (SSSR count). The van der Waals surface area contributed by atoms with Crippen LogP contribution in [-0.4, -0.2) is 50.5 Å². The van der Waals surface area contributed by atoms with Gasteiger partial charge in [0.15, 0.2) is 11.5 Å². The molecular weight excluding hydrogens is 368 g/mol. The lowest BCUT2D eigenvalue weighted by Crippen LogP contribution is -2.47. The third-order valence-corrected chi connectivity index (χ3v) is 5.78. The van der Waals surface area contributed by atoms with Crippen LogP contribution in [0.3, 0.4) is 0 Å². The molecule has 0 fully saturated rings. The maximum atomic E-state index is 13.2. The van der Waals surface area contributed by atoms with Gasteiger partial charge in [-0.3, -0.25) is 4.79 Å². The van der Waals surface area contributed by atoms with E-state index in [0.717, 1.165) is 0 Å². The van der Waals surface area contributed by atoms with Crippen molar-refractivity contribution in [3.63, 3.8) is 0 Å². The molecule has 0 bridgehead atoms. The standard InChI is InChI=1S/C19H30N2O5S/c1-14(2)8-9-21(13-18(22)20-19(3,4)5)27(23,24)15-6-7-16-17(12-15)26-11-10-25-16/h6-7,12,14H,8-11,13H2,1-5H3,(H,20,22). The first kappa shape index (κ1) is 21.5. The summed E-state index contributed by atoms with van der Waals surface area (Å²) in [6, 6.07) is 4.55. The molecule has 152 valence electrons. The van der Waals surface area contributed by atoms with E-state index >= 15 is 0 Å². The van der Waals surface area contributed by atoms with Crippen molar-refractivity contribution in [3.05, 3.63) is 18.2 Å². The molecule has 1 amide bonds. The first-order valence-electron chi connectivity index (χ1n) is 9.20. The summed E-state index contributed by atoms with van der Waals surface area (Å²) in [5, 5.41) is 2.82. The van der Waals surface area contributed by atoms with Crippen LogP contribution in [0.5, 0.6) is 11.5 Å². The van der Waals surface area contributed by atoms with Gasteiger partial charge in [-0.25, -0.2) is 8.42 Å². The molecule has 1 aliphatic rings. The zero-order valence-corrected chi connectivity index (χ0v) is 17.6. The average molecular weight is 399 g/mol. The van der Waals surface area contributed by atoms with Gasteiger partial charge in [0.25, 0.3) is 0 Å². The molecule has 0 atom stereocenters. The summed E-state index contributed by atoms with van der Waals surface area (Å²) >= 11 is 0. The largest absolute Gasteiger partial charge is 0.486 e. The van der Waals surface area contributed by atoms with Gasteiger partial charge in [-0.2, -0.15) is 4.31 Å². The Bertz CT molecular complexity index is 769. The van der Waals surface area contributed by atoms with E-state index in [1.807, 2.05) is 34.6 Å². The van der Waals surface area contributed by atoms with Crippen LogP contribution in [0, 0.1) is 5.92 Å². The minimum atomic E-state index is -3.84. The minimum absolute atomic E-state index is 0.0964. The van der Waals surface area contributed by atoms with Crippen LogP contribution in [0.2, 0.25) is 0 Å². The van der Waals surface area contributed by atoms with E-state index in [1.54, 1.807) is 6.07 Å². The maximum Gasteiger partial charge on any atom is 0.243 e. The van der Waals surface area contributed by atoms with Crippen LogP contribution in [0.25, 0.3) is 0 Å². The zero-order chi connectivity index (χ0) is 20.2. The van der Waals surface area contributed by atoms with Crippen LogP contribution in [0.1, 0.15) is 41.0 Å². The predicted octanol–water partition coefficient (Wildman–Crippen LogP) is 2.41. The molecule has 8 heteroatoms. The second-order valence-corrected chi connectivity index (χ2v) is 10.1. The highest BCUT2D eigenvalue weighted by atomic mass is 32.2. The number of hydrogen-bond donors (Lipinski definition) is 1. The number of sulfonamides is 1. The van der Waals surface area contributed by atoms with Crippen LogP contribution < -0.4 is 14.8 Å². The summed E-state index contributed by atoms with van der Waals surface area (Å²) in [6.45, 7) is 10.5. The molecule has 1 aliphatic heterocycles. The molecule has 1 aromatic rings. The fraction of sp³-hybridized carbons (Fsp3) is 0.632. The third kappa shape index (κ3) is 6.10.